The Balaban J connectivity index is 1.65. The first-order chi connectivity index (χ1) is 15.8. The van der Waals surface area contributed by atoms with E-state index in [1.165, 1.54) is 12.0 Å². The van der Waals surface area contributed by atoms with Crippen molar-refractivity contribution in [2.75, 3.05) is 12.4 Å². The highest BCUT2D eigenvalue weighted by molar-refractivity contribution is 5.85. The van der Waals surface area contributed by atoms with E-state index in [0.29, 0.717) is 17.2 Å². The van der Waals surface area contributed by atoms with Crippen LogP contribution in [-0.4, -0.2) is 39.0 Å². The molecule has 1 aliphatic rings. The van der Waals surface area contributed by atoms with Gasteiger partial charge in [-0.15, -0.1) is 0 Å². The van der Waals surface area contributed by atoms with Crippen LogP contribution in [0.1, 0.15) is 42.4 Å². The molecule has 4 rings (SSSR count). The minimum Gasteiger partial charge on any atom is -0.467 e. The summed E-state index contributed by atoms with van der Waals surface area (Å²) in [5.74, 6) is -0.313. The van der Waals surface area contributed by atoms with Crippen molar-refractivity contribution in [1.29, 1.82) is 0 Å². The topological polar surface area (TPSA) is 107 Å². The van der Waals surface area contributed by atoms with E-state index in [1.807, 2.05) is 57.2 Å². The maximum absolute atomic E-state index is 13.2. The molecule has 1 atom stereocenters. The van der Waals surface area contributed by atoms with Gasteiger partial charge in [0.1, 0.15) is 6.61 Å². The summed E-state index contributed by atoms with van der Waals surface area (Å²) in [5.41, 5.74) is 2.58. The molecule has 0 fully saturated rings. The van der Waals surface area contributed by atoms with Crippen molar-refractivity contribution in [2.45, 2.75) is 39.0 Å². The molecule has 0 aliphatic carbocycles. The Morgan fingerprint density at radius 2 is 1.91 bits per heavy atom. The molecule has 0 saturated carbocycles. The highest BCUT2D eigenvalue weighted by Crippen LogP contribution is 2.46. The van der Waals surface area contributed by atoms with Gasteiger partial charge in [-0.2, -0.15) is 0 Å². The molecule has 33 heavy (non-hydrogen) atoms. The Labute approximate surface area is 191 Å². The molecule has 2 aromatic heterocycles. The number of anilines is 2. The molecule has 1 amide bonds. The van der Waals surface area contributed by atoms with Gasteiger partial charge in [0.25, 0.3) is 0 Å². The quantitative estimate of drug-likeness (QED) is 0.585. The molecule has 3 aromatic rings. The number of aryl methyl sites for hydroxylation is 1. The molecule has 1 unspecified atom stereocenters. The van der Waals surface area contributed by atoms with Crippen molar-refractivity contribution in [3.63, 3.8) is 0 Å². The van der Waals surface area contributed by atoms with E-state index in [4.69, 9.17) is 9.47 Å². The van der Waals surface area contributed by atoms with Crippen LogP contribution >= 0.6 is 0 Å². The number of rotatable bonds is 5. The van der Waals surface area contributed by atoms with E-state index in [2.05, 4.69) is 20.3 Å². The third kappa shape index (κ3) is 4.34. The van der Waals surface area contributed by atoms with Crippen LogP contribution in [-0.2, 0) is 26.4 Å². The maximum Gasteiger partial charge on any atom is 0.411 e. The minimum absolute atomic E-state index is 0.0797. The van der Waals surface area contributed by atoms with Crippen molar-refractivity contribution in [2.24, 2.45) is 0 Å². The van der Waals surface area contributed by atoms with Gasteiger partial charge in [0.15, 0.2) is 6.04 Å². The molecule has 0 bridgehead atoms. The maximum atomic E-state index is 13.2. The van der Waals surface area contributed by atoms with Crippen LogP contribution < -0.4 is 5.32 Å². The molecule has 9 nitrogen and oxygen atoms in total. The summed E-state index contributed by atoms with van der Waals surface area (Å²) in [5, 5.41) is 3.12. The van der Waals surface area contributed by atoms with Crippen LogP contribution in [0.15, 0.2) is 54.9 Å². The fourth-order valence-electron chi connectivity index (χ4n) is 3.91. The third-order valence-corrected chi connectivity index (χ3v) is 5.58. The third-order valence-electron chi connectivity index (χ3n) is 5.58. The lowest BCUT2D eigenvalue weighted by molar-refractivity contribution is -0.148. The van der Waals surface area contributed by atoms with Gasteiger partial charge in [0.2, 0.25) is 5.95 Å². The summed E-state index contributed by atoms with van der Waals surface area (Å²) in [6.07, 6.45) is 2.66. The molecule has 3 heterocycles. The zero-order valence-electron chi connectivity index (χ0n) is 18.9. The van der Waals surface area contributed by atoms with Crippen molar-refractivity contribution in [1.82, 2.24) is 19.9 Å². The van der Waals surface area contributed by atoms with Gasteiger partial charge >= 0.3 is 12.1 Å². The van der Waals surface area contributed by atoms with Crippen LogP contribution in [0.3, 0.4) is 0 Å². The molecular weight excluding hydrogens is 422 g/mol. The number of amides is 1. The molecule has 1 N–H and O–H groups in total. The van der Waals surface area contributed by atoms with E-state index in [-0.39, 0.29) is 6.61 Å². The summed E-state index contributed by atoms with van der Waals surface area (Å²) < 4.78 is 10.6. The van der Waals surface area contributed by atoms with Crippen molar-refractivity contribution in [3.05, 3.63) is 77.4 Å². The number of benzene rings is 1. The second-order valence-corrected chi connectivity index (χ2v) is 8.20. The van der Waals surface area contributed by atoms with Gasteiger partial charge in [-0.3, -0.25) is 9.88 Å². The number of aromatic nitrogens is 3. The van der Waals surface area contributed by atoms with E-state index >= 15 is 0 Å². The van der Waals surface area contributed by atoms with Crippen LogP contribution in [0.4, 0.5) is 16.4 Å². The number of pyridine rings is 1. The summed E-state index contributed by atoms with van der Waals surface area (Å²) in [6.45, 7) is 5.60. The first-order valence-corrected chi connectivity index (χ1v) is 10.5. The summed E-state index contributed by atoms with van der Waals surface area (Å²) >= 11 is 0. The van der Waals surface area contributed by atoms with Gasteiger partial charge in [-0.25, -0.2) is 19.6 Å². The highest BCUT2D eigenvalue weighted by Gasteiger charge is 2.53. The minimum atomic E-state index is -1.06. The number of methoxy groups -OCH3 is 1. The van der Waals surface area contributed by atoms with E-state index in [1.54, 1.807) is 18.5 Å². The fraction of sp³-hybridized carbons (Fsp3) is 0.292. The molecule has 0 radical (unpaired) electrons. The van der Waals surface area contributed by atoms with Crippen LogP contribution in [0.25, 0.3) is 0 Å². The van der Waals surface area contributed by atoms with E-state index in [0.717, 1.165) is 16.9 Å². The highest BCUT2D eigenvalue weighted by atomic mass is 16.6. The fourth-order valence-corrected chi connectivity index (χ4v) is 3.91. The molecule has 9 heteroatoms. The Bertz CT molecular complexity index is 1180. The number of carbonyl (C=O) groups is 2. The molecule has 1 aromatic carbocycles. The van der Waals surface area contributed by atoms with Gasteiger partial charge in [-0.1, -0.05) is 30.3 Å². The lowest BCUT2D eigenvalue weighted by Gasteiger charge is -2.33. The summed E-state index contributed by atoms with van der Waals surface area (Å²) in [6, 6.07) is 11.9. The second-order valence-electron chi connectivity index (χ2n) is 8.20. The van der Waals surface area contributed by atoms with Crippen LogP contribution in [0.2, 0.25) is 0 Å². The van der Waals surface area contributed by atoms with Crippen molar-refractivity contribution >= 4 is 23.7 Å². The first-order valence-electron chi connectivity index (χ1n) is 10.5. The predicted molar refractivity (Wildman–Crippen MR) is 121 cm³/mol. The zero-order valence-corrected chi connectivity index (χ0v) is 18.9. The van der Waals surface area contributed by atoms with Gasteiger partial charge in [0.05, 0.1) is 18.3 Å². The van der Waals surface area contributed by atoms with Crippen LogP contribution in [0.5, 0.6) is 0 Å². The molecule has 170 valence electrons. The number of ether oxygens (including phenoxy) is 2. The Morgan fingerprint density at radius 1 is 1.15 bits per heavy atom. The monoisotopic (exact) mass is 447 g/mol. The molecule has 1 aliphatic heterocycles. The van der Waals surface area contributed by atoms with E-state index in [9.17, 15) is 9.59 Å². The Kier molecular flexibility index (Phi) is 5.95. The van der Waals surface area contributed by atoms with Gasteiger partial charge < -0.3 is 14.8 Å². The number of fused-ring (bicyclic) bond motifs is 1. The van der Waals surface area contributed by atoms with E-state index < -0.39 is 23.6 Å². The Morgan fingerprint density at radius 3 is 2.61 bits per heavy atom. The molecule has 0 saturated heterocycles. The van der Waals surface area contributed by atoms with Crippen molar-refractivity contribution < 1.29 is 19.1 Å². The first kappa shape index (κ1) is 22.2. The summed E-state index contributed by atoms with van der Waals surface area (Å²) in [7, 11) is 1.28. The van der Waals surface area contributed by atoms with Gasteiger partial charge in [-0.05, 0) is 38.5 Å². The molecular formula is C24H25N5O4. The zero-order chi connectivity index (χ0) is 23.6. The molecule has 0 spiro atoms. The number of carbonyl (C=O) groups excluding carboxylic acids is 2. The van der Waals surface area contributed by atoms with Crippen molar-refractivity contribution in [3.8, 4) is 0 Å². The SMILES string of the molecule is COC(=O)C1c2nc(Nc3ccnc(C)c3)ncc2C(C)(C)N1C(=O)OCc1ccccc1. The summed E-state index contributed by atoms with van der Waals surface area (Å²) in [4.78, 5) is 40.5. The number of nitrogens with zero attached hydrogens (tertiary/aromatic N) is 4. The number of esters is 1. The average molecular weight is 447 g/mol. The number of hydrogen-bond acceptors (Lipinski definition) is 8. The largest absolute Gasteiger partial charge is 0.467 e. The number of hydrogen-bond donors (Lipinski definition) is 1. The Hall–Kier alpha value is -4.01. The van der Waals surface area contributed by atoms with Gasteiger partial charge in [0, 0.05) is 29.3 Å². The smallest absolute Gasteiger partial charge is 0.411 e. The number of nitrogens with one attached hydrogen (secondary N) is 1. The normalized spacial score (nSPS) is 16.1. The second kappa shape index (κ2) is 8.85. The standard InChI is InChI=1S/C24H25N5O4/c1-15-12-17(10-11-25-15)27-22-26-13-18-19(28-22)20(21(30)32-4)29(24(18,2)3)23(31)33-14-16-8-6-5-7-9-16/h5-13,20H,14H2,1-4H3,(H,25,26,27,28). The lowest BCUT2D eigenvalue weighted by atomic mass is 9.97. The average Bonchev–Trinajstić information content (AvgIpc) is 3.04. The lowest BCUT2D eigenvalue weighted by Crippen LogP contribution is -2.45. The van der Waals surface area contributed by atoms with Crippen LogP contribution in [0, 0.1) is 6.92 Å². The predicted octanol–water partition coefficient (Wildman–Crippen LogP) is 4.03.